The molecule has 7 heteroatoms. The summed E-state index contributed by atoms with van der Waals surface area (Å²) in [5.74, 6) is 0. The van der Waals surface area contributed by atoms with Crippen LogP contribution >= 0.6 is 12.2 Å². The number of hydrogen-bond donors (Lipinski definition) is 1. The summed E-state index contributed by atoms with van der Waals surface area (Å²) >= 11 is 5.06. The van der Waals surface area contributed by atoms with Gasteiger partial charge in [-0.1, -0.05) is 30.3 Å². The molecule has 2 aromatic heterocycles. The summed E-state index contributed by atoms with van der Waals surface area (Å²) < 4.78 is 1.69. The highest BCUT2D eigenvalue weighted by Crippen LogP contribution is 2.32. The molecule has 0 atom stereocenters. The topological polar surface area (TPSA) is 76.2 Å². The number of nitro groups is 1. The van der Waals surface area contributed by atoms with E-state index >= 15 is 0 Å². The second-order valence-corrected chi connectivity index (χ2v) is 4.27. The molecule has 19 heavy (non-hydrogen) atoms. The van der Waals surface area contributed by atoms with Gasteiger partial charge in [-0.25, -0.2) is 9.50 Å². The van der Waals surface area contributed by atoms with Crippen LogP contribution in [0.25, 0.3) is 16.8 Å². The molecule has 94 valence electrons. The van der Waals surface area contributed by atoms with Crippen LogP contribution in [0.5, 0.6) is 0 Å². The van der Waals surface area contributed by atoms with E-state index in [4.69, 9.17) is 12.2 Å². The van der Waals surface area contributed by atoms with Gasteiger partial charge in [0, 0.05) is 11.8 Å². The molecule has 3 rings (SSSR count). The van der Waals surface area contributed by atoms with Crippen molar-refractivity contribution in [1.29, 1.82) is 0 Å². The molecule has 0 saturated carbocycles. The van der Waals surface area contributed by atoms with Crippen LogP contribution in [0.1, 0.15) is 0 Å². The first kappa shape index (κ1) is 11.5. The van der Waals surface area contributed by atoms with E-state index in [0.717, 1.165) is 5.56 Å². The van der Waals surface area contributed by atoms with E-state index < -0.39 is 4.92 Å². The number of aromatic amines is 1. The predicted octanol–water partition coefficient (Wildman–Crippen LogP) is 2.97. The van der Waals surface area contributed by atoms with Crippen LogP contribution in [-0.2, 0) is 0 Å². The van der Waals surface area contributed by atoms with Crippen molar-refractivity contribution in [1.82, 2.24) is 14.6 Å². The van der Waals surface area contributed by atoms with Crippen LogP contribution in [0, 0.1) is 14.9 Å². The van der Waals surface area contributed by atoms with Crippen LogP contribution in [-0.4, -0.2) is 19.5 Å². The zero-order valence-corrected chi connectivity index (χ0v) is 10.4. The fourth-order valence-corrected chi connectivity index (χ4v) is 2.19. The van der Waals surface area contributed by atoms with Crippen LogP contribution in [0.2, 0.25) is 0 Å². The van der Waals surface area contributed by atoms with Crippen LogP contribution in [0.4, 0.5) is 5.69 Å². The largest absolute Gasteiger partial charge is 0.320 e. The van der Waals surface area contributed by atoms with E-state index in [0.29, 0.717) is 11.2 Å². The highest BCUT2D eigenvalue weighted by molar-refractivity contribution is 7.71. The Kier molecular flexibility index (Phi) is 2.60. The molecule has 0 saturated heterocycles. The molecular formula is C12H8N4O2S. The molecule has 0 spiro atoms. The van der Waals surface area contributed by atoms with Crippen molar-refractivity contribution in [2.24, 2.45) is 0 Å². The molecule has 0 fully saturated rings. The Morgan fingerprint density at radius 3 is 2.68 bits per heavy atom. The molecule has 3 aromatic rings. The molecule has 0 amide bonds. The lowest BCUT2D eigenvalue weighted by molar-refractivity contribution is -0.382. The van der Waals surface area contributed by atoms with Gasteiger partial charge in [0.2, 0.25) is 4.77 Å². The zero-order valence-electron chi connectivity index (χ0n) is 9.61. The molecule has 0 radical (unpaired) electrons. The van der Waals surface area contributed by atoms with E-state index in [9.17, 15) is 10.1 Å². The monoisotopic (exact) mass is 272 g/mol. The van der Waals surface area contributed by atoms with E-state index in [1.54, 1.807) is 18.2 Å². The third-order valence-electron chi connectivity index (χ3n) is 2.80. The summed E-state index contributed by atoms with van der Waals surface area (Å²) in [4.78, 5) is 14.8. The summed E-state index contributed by atoms with van der Waals surface area (Å²) in [6.45, 7) is 0. The van der Waals surface area contributed by atoms with Gasteiger partial charge in [-0.05, 0) is 18.3 Å². The minimum absolute atomic E-state index is 0.000278. The quantitative estimate of drug-likeness (QED) is 0.442. The Morgan fingerprint density at radius 2 is 2.00 bits per heavy atom. The Balaban J connectivity index is 2.43. The van der Waals surface area contributed by atoms with Gasteiger partial charge < -0.3 is 0 Å². The molecule has 0 bridgehead atoms. The number of H-pyrrole nitrogens is 1. The fraction of sp³-hybridized carbons (Fsp3) is 0. The third kappa shape index (κ3) is 1.80. The zero-order chi connectivity index (χ0) is 13.4. The van der Waals surface area contributed by atoms with Gasteiger partial charge in [0.1, 0.15) is 11.2 Å². The second kappa shape index (κ2) is 4.29. The van der Waals surface area contributed by atoms with Gasteiger partial charge in [0.25, 0.3) is 0 Å². The Labute approximate surface area is 112 Å². The summed E-state index contributed by atoms with van der Waals surface area (Å²) in [7, 11) is 0. The Morgan fingerprint density at radius 1 is 1.26 bits per heavy atom. The number of fused-ring (bicyclic) bond motifs is 1. The maximum Gasteiger partial charge on any atom is 0.320 e. The predicted molar refractivity (Wildman–Crippen MR) is 72.5 cm³/mol. The summed E-state index contributed by atoms with van der Waals surface area (Å²) in [6.07, 6.45) is 1.47. The number of benzene rings is 1. The maximum atomic E-state index is 11.3. The summed E-state index contributed by atoms with van der Waals surface area (Å²) in [6, 6.07) is 10.7. The minimum atomic E-state index is -0.414. The second-order valence-electron chi connectivity index (χ2n) is 3.91. The molecule has 6 nitrogen and oxygen atoms in total. The summed E-state index contributed by atoms with van der Waals surface area (Å²) in [5.41, 5.74) is 1.56. The maximum absolute atomic E-state index is 11.3. The molecule has 0 aliphatic rings. The van der Waals surface area contributed by atoms with Crippen molar-refractivity contribution in [2.45, 2.75) is 0 Å². The van der Waals surface area contributed by atoms with Crippen molar-refractivity contribution in [2.75, 3.05) is 0 Å². The lowest BCUT2D eigenvalue weighted by Gasteiger charge is -1.96. The van der Waals surface area contributed by atoms with Crippen molar-refractivity contribution in [3.63, 3.8) is 0 Å². The van der Waals surface area contributed by atoms with Gasteiger partial charge in [0.05, 0.1) is 4.92 Å². The number of nitrogens with zero attached hydrogens (tertiary/aromatic N) is 3. The number of aromatic nitrogens is 3. The normalized spacial score (nSPS) is 10.7. The Bertz CT molecular complexity index is 823. The van der Waals surface area contributed by atoms with Gasteiger partial charge in [-0.15, -0.1) is 0 Å². The highest BCUT2D eigenvalue weighted by atomic mass is 32.1. The van der Waals surface area contributed by atoms with Crippen molar-refractivity contribution < 1.29 is 4.92 Å². The first-order chi connectivity index (χ1) is 9.18. The number of nitrogens with one attached hydrogen (secondary N) is 1. The van der Waals surface area contributed by atoms with Gasteiger partial charge >= 0.3 is 5.69 Å². The molecule has 0 unspecified atom stereocenters. The van der Waals surface area contributed by atoms with Crippen LogP contribution in [0.3, 0.4) is 0 Å². The SMILES string of the molecule is O=[N+]([O-])c1c(-c2ccccc2)[nH]n2c(=S)nccc12. The lowest BCUT2D eigenvalue weighted by atomic mass is 10.1. The average molecular weight is 272 g/mol. The van der Waals surface area contributed by atoms with Crippen molar-refractivity contribution in [3.05, 3.63) is 57.5 Å². The molecule has 1 N–H and O–H groups in total. The summed E-state index contributed by atoms with van der Waals surface area (Å²) in [5, 5.41) is 14.2. The van der Waals surface area contributed by atoms with Crippen molar-refractivity contribution in [3.8, 4) is 11.3 Å². The smallest absolute Gasteiger partial charge is 0.284 e. The minimum Gasteiger partial charge on any atom is -0.284 e. The van der Waals surface area contributed by atoms with Crippen LogP contribution < -0.4 is 0 Å². The third-order valence-corrected chi connectivity index (χ3v) is 3.09. The fourth-order valence-electron chi connectivity index (χ4n) is 1.98. The van der Waals surface area contributed by atoms with E-state index in [2.05, 4.69) is 10.1 Å². The first-order valence-corrected chi connectivity index (χ1v) is 5.89. The van der Waals surface area contributed by atoms with Gasteiger partial charge in [-0.3, -0.25) is 15.2 Å². The number of hydrogen-bond acceptors (Lipinski definition) is 4. The van der Waals surface area contributed by atoms with Crippen molar-refractivity contribution >= 4 is 23.4 Å². The van der Waals surface area contributed by atoms with Crippen LogP contribution in [0.15, 0.2) is 42.6 Å². The molecule has 1 aromatic carbocycles. The molecule has 0 aliphatic carbocycles. The molecule has 2 heterocycles. The van der Waals surface area contributed by atoms with E-state index in [-0.39, 0.29) is 10.5 Å². The van der Waals surface area contributed by atoms with E-state index in [1.807, 2.05) is 18.2 Å². The lowest BCUT2D eigenvalue weighted by Crippen LogP contribution is -1.91. The highest BCUT2D eigenvalue weighted by Gasteiger charge is 2.23. The molecular weight excluding hydrogens is 264 g/mol. The average Bonchev–Trinajstić information content (AvgIpc) is 2.81. The van der Waals surface area contributed by atoms with E-state index in [1.165, 1.54) is 10.7 Å². The number of rotatable bonds is 2. The first-order valence-electron chi connectivity index (χ1n) is 5.48. The Hall–Kier alpha value is -2.54. The standard InChI is InChI=1S/C12H8N4O2S/c17-16(18)11-9-6-7-13-12(19)15(9)14-10(11)8-4-2-1-3-5-8/h1-7,14H. The molecule has 0 aliphatic heterocycles. The van der Waals surface area contributed by atoms with Gasteiger partial charge in [0.15, 0.2) is 0 Å². The van der Waals surface area contributed by atoms with Gasteiger partial charge in [-0.2, -0.15) is 0 Å².